The summed E-state index contributed by atoms with van der Waals surface area (Å²) < 4.78 is 10.4. The van der Waals surface area contributed by atoms with Crippen LogP contribution in [-0.2, 0) is 20.7 Å². The summed E-state index contributed by atoms with van der Waals surface area (Å²) >= 11 is 0. The minimum atomic E-state index is -0.695. The van der Waals surface area contributed by atoms with Gasteiger partial charge < -0.3 is 9.47 Å². The Morgan fingerprint density at radius 2 is 2.14 bits per heavy atom. The van der Waals surface area contributed by atoms with Crippen LogP contribution in [0.15, 0.2) is 18.5 Å². The molecule has 21 heavy (non-hydrogen) atoms. The van der Waals surface area contributed by atoms with E-state index < -0.39 is 23.7 Å². The van der Waals surface area contributed by atoms with Gasteiger partial charge in [0.2, 0.25) is 0 Å². The van der Waals surface area contributed by atoms with Gasteiger partial charge in [-0.3, -0.25) is 9.88 Å². The molecule has 0 aliphatic carbocycles. The van der Waals surface area contributed by atoms with Crippen molar-refractivity contribution in [3.63, 3.8) is 0 Å². The second-order valence-electron chi connectivity index (χ2n) is 5.83. The summed E-state index contributed by atoms with van der Waals surface area (Å²) in [6.07, 6.45) is 3.06. The number of ether oxygens (including phenoxy) is 2. The Labute approximate surface area is 124 Å². The Hall–Kier alpha value is -2.11. The van der Waals surface area contributed by atoms with Gasteiger partial charge in [-0.25, -0.2) is 9.59 Å². The van der Waals surface area contributed by atoms with Gasteiger partial charge in [0.05, 0.1) is 18.5 Å². The molecule has 1 aliphatic heterocycles. The molecule has 1 aliphatic rings. The first-order valence-electron chi connectivity index (χ1n) is 6.95. The first-order valence-corrected chi connectivity index (χ1v) is 6.95. The van der Waals surface area contributed by atoms with E-state index in [1.807, 2.05) is 0 Å². The molecule has 1 atom stereocenters. The van der Waals surface area contributed by atoms with E-state index in [4.69, 9.17) is 9.47 Å². The molecule has 6 nitrogen and oxygen atoms in total. The van der Waals surface area contributed by atoms with Crippen LogP contribution >= 0.6 is 0 Å². The number of rotatable bonds is 2. The highest BCUT2D eigenvalue weighted by atomic mass is 16.6. The molecule has 6 heteroatoms. The average Bonchev–Trinajstić information content (AvgIpc) is 2.76. The van der Waals surface area contributed by atoms with E-state index in [9.17, 15) is 9.59 Å². The van der Waals surface area contributed by atoms with Crippen molar-refractivity contribution >= 4 is 17.7 Å². The first-order chi connectivity index (χ1) is 9.83. The maximum absolute atomic E-state index is 12.4. The van der Waals surface area contributed by atoms with Crippen molar-refractivity contribution in [1.82, 2.24) is 4.98 Å². The highest BCUT2D eigenvalue weighted by Gasteiger charge is 2.41. The zero-order valence-corrected chi connectivity index (χ0v) is 12.8. The predicted molar refractivity (Wildman–Crippen MR) is 77.1 cm³/mol. The Morgan fingerprint density at radius 3 is 2.76 bits per heavy atom. The molecule has 0 fully saturated rings. The van der Waals surface area contributed by atoms with Crippen molar-refractivity contribution in [2.45, 2.75) is 45.8 Å². The molecule has 1 aromatic rings. The van der Waals surface area contributed by atoms with Gasteiger partial charge in [0.1, 0.15) is 11.6 Å². The lowest BCUT2D eigenvalue weighted by Gasteiger charge is -2.27. The molecule has 0 saturated heterocycles. The fourth-order valence-corrected chi connectivity index (χ4v) is 2.24. The minimum absolute atomic E-state index is 0.270. The van der Waals surface area contributed by atoms with Crippen LogP contribution in [0.1, 0.15) is 33.3 Å². The number of aromatic nitrogens is 1. The fraction of sp³-hybridized carbons (Fsp3) is 0.533. The standard InChI is InChI=1S/C15H20N2O4/c1-5-20-13(18)11-8-10-6-7-16-9-12(10)17(11)14(19)21-15(2,3)4/h6-7,9,11H,5,8H2,1-4H3. The van der Waals surface area contributed by atoms with Crippen molar-refractivity contribution in [1.29, 1.82) is 0 Å². The molecular formula is C15H20N2O4. The molecule has 0 aromatic carbocycles. The molecule has 0 saturated carbocycles. The number of nitrogens with zero attached hydrogens (tertiary/aromatic N) is 2. The summed E-state index contributed by atoms with van der Waals surface area (Å²) in [6, 6.07) is 1.10. The van der Waals surface area contributed by atoms with Gasteiger partial charge in [-0.15, -0.1) is 0 Å². The Balaban J connectivity index is 2.31. The van der Waals surface area contributed by atoms with Gasteiger partial charge in [-0.2, -0.15) is 0 Å². The van der Waals surface area contributed by atoms with Crippen LogP contribution in [0.25, 0.3) is 0 Å². The number of fused-ring (bicyclic) bond motifs is 1. The van der Waals surface area contributed by atoms with Crippen LogP contribution < -0.4 is 4.90 Å². The quantitative estimate of drug-likeness (QED) is 0.782. The summed E-state index contributed by atoms with van der Waals surface area (Å²) in [7, 11) is 0. The second kappa shape index (κ2) is 5.71. The summed E-state index contributed by atoms with van der Waals surface area (Å²) in [4.78, 5) is 29.9. The number of carbonyl (C=O) groups excluding carboxylic acids is 2. The third kappa shape index (κ3) is 3.32. The van der Waals surface area contributed by atoms with Crippen molar-refractivity contribution < 1.29 is 19.1 Å². The number of pyridine rings is 1. The molecule has 2 rings (SSSR count). The molecule has 1 amide bonds. The predicted octanol–water partition coefficient (Wildman–Crippen LogP) is 2.31. The topological polar surface area (TPSA) is 68.7 Å². The van der Waals surface area contributed by atoms with E-state index in [1.165, 1.54) is 4.90 Å². The summed E-state index contributed by atoms with van der Waals surface area (Å²) in [5.74, 6) is -0.431. The second-order valence-corrected chi connectivity index (χ2v) is 5.83. The Morgan fingerprint density at radius 1 is 1.43 bits per heavy atom. The van der Waals surface area contributed by atoms with Gasteiger partial charge in [-0.1, -0.05) is 0 Å². The average molecular weight is 292 g/mol. The maximum atomic E-state index is 12.4. The van der Waals surface area contributed by atoms with Crippen LogP contribution in [0.4, 0.5) is 10.5 Å². The minimum Gasteiger partial charge on any atom is -0.464 e. The van der Waals surface area contributed by atoms with E-state index in [-0.39, 0.29) is 6.61 Å². The van der Waals surface area contributed by atoms with Gasteiger partial charge >= 0.3 is 12.1 Å². The fourth-order valence-electron chi connectivity index (χ4n) is 2.24. The number of hydrogen-bond donors (Lipinski definition) is 0. The van der Waals surface area contributed by atoms with E-state index in [0.29, 0.717) is 12.1 Å². The van der Waals surface area contributed by atoms with Gasteiger partial charge in [0.25, 0.3) is 0 Å². The lowest BCUT2D eigenvalue weighted by atomic mass is 10.1. The van der Waals surface area contributed by atoms with Crippen molar-refractivity contribution in [2.24, 2.45) is 0 Å². The molecular weight excluding hydrogens is 272 g/mol. The van der Waals surface area contributed by atoms with E-state index in [1.54, 1.807) is 46.2 Å². The number of amides is 1. The van der Waals surface area contributed by atoms with E-state index >= 15 is 0 Å². The van der Waals surface area contributed by atoms with Gasteiger partial charge in [-0.05, 0) is 39.3 Å². The molecule has 0 spiro atoms. The Bertz CT molecular complexity index is 551. The SMILES string of the molecule is CCOC(=O)C1Cc2ccncc2N1C(=O)OC(C)(C)C. The number of hydrogen-bond acceptors (Lipinski definition) is 5. The molecule has 2 heterocycles. The van der Waals surface area contributed by atoms with Crippen LogP contribution in [-0.4, -0.2) is 35.3 Å². The van der Waals surface area contributed by atoms with Crippen molar-refractivity contribution in [3.05, 3.63) is 24.0 Å². The lowest BCUT2D eigenvalue weighted by Crippen LogP contribution is -2.46. The zero-order valence-electron chi connectivity index (χ0n) is 12.8. The van der Waals surface area contributed by atoms with E-state index in [0.717, 1.165) is 5.56 Å². The van der Waals surface area contributed by atoms with Crippen molar-refractivity contribution in [3.8, 4) is 0 Å². The lowest BCUT2D eigenvalue weighted by molar-refractivity contribution is -0.144. The van der Waals surface area contributed by atoms with Crippen molar-refractivity contribution in [2.75, 3.05) is 11.5 Å². The first kappa shape index (κ1) is 15.3. The highest BCUT2D eigenvalue weighted by Crippen LogP contribution is 2.33. The number of carbonyl (C=O) groups is 2. The Kier molecular flexibility index (Phi) is 4.16. The third-order valence-corrected chi connectivity index (χ3v) is 3.02. The van der Waals surface area contributed by atoms with E-state index in [2.05, 4.69) is 4.98 Å². The molecule has 0 bridgehead atoms. The summed E-state index contributed by atoms with van der Waals surface area (Å²) in [5.41, 5.74) is 0.847. The largest absolute Gasteiger partial charge is 0.464 e. The summed E-state index contributed by atoms with van der Waals surface area (Å²) in [5, 5.41) is 0. The maximum Gasteiger partial charge on any atom is 0.415 e. The van der Waals surface area contributed by atoms with Gasteiger partial charge in [0, 0.05) is 12.6 Å². The van der Waals surface area contributed by atoms with Crippen LogP contribution in [0, 0.1) is 0 Å². The molecule has 0 N–H and O–H groups in total. The van der Waals surface area contributed by atoms with Gasteiger partial charge in [0.15, 0.2) is 0 Å². The normalized spacial score (nSPS) is 17.3. The number of esters is 1. The van der Waals surface area contributed by atoms with Crippen LogP contribution in [0.3, 0.4) is 0 Å². The monoisotopic (exact) mass is 292 g/mol. The molecule has 114 valence electrons. The molecule has 1 unspecified atom stereocenters. The van der Waals surface area contributed by atoms with Crippen LogP contribution in [0.5, 0.6) is 0 Å². The molecule has 0 radical (unpaired) electrons. The molecule has 1 aromatic heterocycles. The highest BCUT2D eigenvalue weighted by molar-refractivity contribution is 5.98. The zero-order chi connectivity index (χ0) is 15.6. The smallest absolute Gasteiger partial charge is 0.415 e. The summed E-state index contributed by atoms with van der Waals surface area (Å²) in [6.45, 7) is 7.35. The third-order valence-electron chi connectivity index (χ3n) is 3.02. The number of anilines is 1. The van der Waals surface area contributed by atoms with Crippen LogP contribution in [0.2, 0.25) is 0 Å².